The van der Waals surface area contributed by atoms with E-state index in [1.165, 1.54) is 0 Å². The third-order valence-electron chi connectivity index (χ3n) is 4.24. The highest BCUT2D eigenvalue weighted by atomic mass is 16.4. The predicted octanol–water partition coefficient (Wildman–Crippen LogP) is 1.79. The van der Waals surface area contributed by atoms with Gasteiger partial charge in [0.15, 0.2) is 0 Å². The number of hydrogen-bond acceptors (Lipinski definition) is 2. The first-order valence-corrected chi connectivity index (χ1v) is 6.69. The molecule has 0 saturated heterocycles. The number of nitrogens with one attached hydrogen (secondary N) is 1. The van der Waals surface area contributed by atoms with Crippen molar-refractivity contribution in [3.63, 3.8) is 0 Å². The van der Waals surface area contributed by atoms with Crippen molar-refractivity contribution in [3.05, 3.63) is 0 Å². The van der Waals surface area contributed by atoms with Gasteiger partial charge in [-0.25, -0.2) is 0 Å². The molecule has 4 heteroatoms. The Kier molecular flexibility index (Phi) is 4.02. The first-order valence-electron chi connectivity index (χ1n) is 6.69. The first-order chi connectivity index (χ1) is 8.18. The van der Waals surface area contributed by atoms with Crippen LogP contribution in [0.2, 0.25) is 0 Å². The summed E-state index contributed by atoms with van der Waals surface area (Å²) in [5, 5.41) is 12.0. The van der Waals surface area contributed by atoms with E-state index in [0.29, 0.717) is 6.54 Å². The van der Waals surface area contributed by atoms with E-state index in [1.807, 2.05) is 0 Å². The zero-order valence-corrected chi connectivity index (χ0v) is 10.2. The molecule has 2 fully saturated rings. The van der Waals surface area contributed by atoms with Gasteiger partial charge in [-0.05, 0) is 31.6 Å². The Morgan fingerprint density at radius 3 is 2.41 bits per heavy atom. The quantitative estimate of drug-likeness (QED) is 0.786. The third kappa shape index (κ3) is 2.99. The molecule has 0 aromatic carbocycles. The lowest BCUT2D eigenvalue weighted by atomic mass is 9.96. The smallest absolute Gasteiger partial charge is 0.306 e. The summed E-state index contributed by atoms with van der Waals surface area (Å²) in [5.41, 5.74) is 0. The van der Waals surface area contributed by atoms with Gasteiger partial charge in [-0.2, -0.15) is 0 Å². The molecular weight excluding hydrogens is 218 g/mol. The van der Waals surface area contributed by atoms with Crippen LogP contribution in [-0.2, 0) is 9.59 Å². The maximum atomic E-state index is 11.8. The van der Waals surface area contributed by atoms with Gasteiger partial charge in [0.2, 0.25) is 5.91 Å². The molecule has 4 nitrogen and oxygen atoms in total. The monoisotopic (exact) mass is 239 g/mol. The lowest BCUT2D eigenvalue weighted by Gasteiger charge is -2.18. The Labute approximate surface area is 102 Å². The fourth-order valence-electron chi connectivity index (χ4n) is 3.17. The first kappa shape index (κ1) is 12.4. The molecule has 0 bridgehead atoms. The van der Waals surface area contributed by atoms with E-state index >= 15 is 0 Å². The van der Waals surface area contributed by atoms with Crippen LogP contribution >= 0.6 is 0 Å². The summed E-state index contributed by atoms with van der Waals surface area (Å²) in [6.45, 7) is 0.548. The molecule has 0 heterocycles. The maximum Gasteiger partial charge on any atom is 0.306 e. The lowest BCUT2D eigenvalue weighted by molar-refractivity contribution is -0.143. The van der Waals surface area contributed by atoms with Gasteiger partial charge in [-0.15, -0.1) is 0 Å². The lowest BCUT2D eigenvalue weighted by Crippen LogP contribution is -2.35. The molecule has 2 N–H and O–H groups in total. The van der Waals surface area contributed by atoms with E-state index < -0.39 is 5.97 Å². The molecule has 0 aromatic rings. The number of amides is 1. The van der Waals surface area contributed by atoms with E-state index in [4.69, 9.17) is 5.11 Å². The second-order valence-corrected chi connectivity index (χ2v) is 5.36. The molecule has 0 spiro atoms. The highest BCUT2D eigenvalue weighted by Crippen LogP contribution is 2.31. The Balaban J connectivity index is 1.77. The zero-order valence-electron chi connectivity index (χ0n) is 10.2. The minimum absolute atomic E-state index is 0.137. The van der Waals surface area contributed by atoms with Crippen LogP contribution in [0.1, 0.15) is 44.9 Å². The van der Waals surface area contributed by atoms with Crippen LogP contribution in [0.4, 0.5) is 0 Å². The Morgan fingerprint density at radius 2 is 1.76 bits per heavy atom. The normalized spacial score (nSPS) is 29.4. The summed E-state index contributed by atoms with van der Waals surface area (Å²) in [4.78, 5) is 22.8. The summed E-state index contributed by atoms with van der Waals surface area (Å²) in [6, 6.07) is 0. The highest BCUT2D eigenvalue weighted by molar-refractivity contribution is 5.79. The standard InChI is InChI=1S/C13H21NO3/c15-12(9-4-1-2-5-9)14-8-10-6-3-7-11(10)13(16)17/h9-11H,1-8H2,(H,14,15)(H,16,17). The van der Waals surface area contributed by atoms with Gasteiger partial charge in [-0.3, -0.25) is 9.59 Å². The molecule has 1 amide bonds. The molecule has 0 aromatic heterocycles. The second-order valence-electron chi connectivity index (χ2n) is 5.36. The Hall–Kier alpha value is -1.06. The number of rotatable bonds is 4. The fourth-order valence-corrected chi connectivity index (χ4v) is 3.17. The van der Waals surface area contributed by atoms with Crippen molar-refractivity contribution in [1.29, 1.82) is 0 Å². The van der Waals surface area contributed by atoms with Crippen LogP contribution in [0, 0.1) is 17.8 Å². The van der Waals surface area contributed by atoms with Crippen molar-refractivity contribution in [2.45, 2.75) is 44.9 Å². The molecule has 96 valence electrons. The van der Waals surface area contributed by atoms with Crippen molar-refractivity contribution in [2.75, 3.05) is 6.54 Å². The molecule has 17 heavy (non-hydrogen) atoms. The van der Waals surface area contributed by atoms with E-state index in [9.17, 15) is 9.59 Å². The zero-order chi connectivity index (χ0) is 12.3. The molecule has 2 saturated carbocycles. The summed E-state index contributed by atoms with van der Waals surface area (Å²) in [5.74, 6) is -0.502. The molecule has 2 unspecified atom stereocenters. The topological polar surface area (TPSA) is 66.4 Å². The van der Waals surface area contributed by atoms with Gasteiger partial charge in [0.05, 0.1) is 5.92 Å². The average molecular weight is 239 g/mol. The number of carboxylic acids is 1. The highest BCUT2D eigenvalue weighted by Gasteiger charge is 2.33. The molecule has 2 rings (SSSR count). The SMILES string of the molecule is O=C(NCC1CCCC1C(=O)O)C1CCCC1. The predicted molar refractivity (Wildman–Crippen MR) is 63.4 cm³/mol. The average Bonchev–Trinajstić information content (AvgIpc) is 2.96. The second kappa shape index (κ2) is 5.52. The number of carbonyl (C=O) groups is 2. The van der Waals surface area contributed by atoms with Gasteiger partial charge in [-0.1, -0.05) is 19.3 Å². The van der Waals surface area contributed by atoms with Gasteiger partial charge in [0, 0.05) is 12.5 Å². The van der Waals surface area contributed by atoms with Gasteiger partial charge < -0.3 is 10.4 Å². The fraction of sp³-hybridized carbons (Fsp3) is 0.846. The van der Waals surface area contributed by atoms with Crippen molar-refractivity contribution < 1.29 is 14.7 Å². The van der Waals surface area contributed by atoms with E-state index in [2.05, 4.69) is 5.32 Å². The summed E-state index contributed by atoms with van der Waals surface area (Å²) in [7, 11) is 0. The van der Waals surface area contributed by atoms with Crippen molar-refractivity contribution in [1.82, 2.24) is 5.32 Å². The minimum Gasteiger partial charge on any atom is -0.481 e. The number of carboxylic acid groups (broad SMARTS) is 1. The molecular formula is C13H21NO3. The largest absolute Gasteiger partial charge is 0.481 e. The van der Waals surface area contributed by atoms with Crippen LogP contribution in [0.25, 0.3) is 0 Å². The number of aliphatic carboxylic acids is 1. The van der Waals surface area contributed by atoms with Crippen LogP contribution in [0.15, 0.2) is 0 Å². The Morgan fingerprint density at radius 1 is 1.06 bits per heavy atom. The van der Waals surface area contributed by atoms with E-state index in [1.54, 1.807) is 0 Å². The van der Waals surface area contributed by atoms with Gasteiger partial charge >= 0.3 is 5.97 Å². The summed E-state index contributed by atoms with van der Waals surface area (Å²) < 4.78 is 0. The van der Waals surface area contributed by atoms with Crippen LogP contribution < -0.4 is 5.32 Å². The molecule has 2 aliphatic rings. The summed E-state index contributed by atoms with van der Waals surface area (Å²) >= 11 is 0. The molecule has 0 radical (unpaired) electrons. The third-order valence-corrected chi connectivity index (χ3v) is 4.24. The van der Waals surface area contributed by atoms with Gasteiger partial charge in [0.25, 0.3) is 0 Å². The maximum absolute atomic E-state index is 11.8. The van der Waals surface area contributed by atoms with Crippen LogP contribution in [0.5, 0.6) is 0 Å². The number of carbonyl (C=O) groups excluding carboxylic acids is 1. The van der Waals surface area contributed by atoms with Gasteiger partial charge in [0.1, 0.15) is 0 Å². The van der Waals surface area contributed by atoms with Crippen molar-refractivity contribution in [2.24, 2.45) is 17.8 Å². The molecule has 0 aliphatic heterocycles. The van der Waals surface area contributed by atoms with Crippen LogP contribution in [0.3, 0.4) is 0 Å². The summed E-state index contributed by atoms with van der Waals surface area (Å²) in [6.07, 6.45) is 6.97. The van der Waals surface area contributed by atoms with E-state index in [0.717, 1.165) is 44.9 Å². The molecule has 2 aliphatic carbocycles. The number of hydrogen-bond donors (Lipinski definition) is 2. The van der Waals surface area contributed by atoms with Crippen LogP contribution in [-0.4, -0.2) is 23.5 Å². The Bertz CT molecular complexity index is 297. The van der Waals surface area contributed by atoms with Crippen molar-refractivity contribution in [3.8, 4) is 0 Å². The van der Waals surface area contributed by atoms with E-state index in [-0.39, 0.29) is 23.7 Å². The minimum atomic E-state index is -0.706. The van der Waals surface area contributed by atoms with Crippen molar-refractivity contribution >= 4 is 11.9 Å². The molecule has 2 atom stereocenters.